The first-order valence-corrected chi connectivity index (χ1v) is 11.1. The number of hydrogen-bond donors (Lipinski definition) is 2. The van der Waals surface area contributed by atoms with Gasteiger partial charge in [-0.3, -0.25) is 4.79 Å². The van der Waals surface area contributed by atoms with Crippen LogP contribution in [-0.4, -0.2) is 67.8 Å². The van der Waals surface area contributed by atoms with E-state index in [4.69, 9.17) is 15.2 Å². The Bertz CT molecular complexity index is 533. The molecule has 0 aliphatic carbocycles. The molecule has 0 aromatic carbocycles. The van der Waals surface area contributed by atoms with Gasteiger partial charge in [0.25, 0.3) is 0 Å². The molecule has 0 saturated heterocycles. The quantitative estimate of drug-likeness (QED) is 0.366. The van der Waals surface area contributed by atoms with Crippen molar-refractivity contribution >= 4 is 11.7 Å². The average Bonchev–Trinajstić information content (AvgIpc) is 2.57. The zero-order valence-corrected chi connectivity index (χ0v) is 20.9. The van der Waals surface area contributed by atoms with Crippen LogP contribution in [0.25, 0.3) is 0 Å². The highest BCUT2D eigenvalue weighted by atomic mass is 16.5. The topological polar surface area (TPSA) is 93.9 Å². The summed E-state index contributed by atoms with van der Waals surface area (Å²) in [6, 6.07) is 0. The summed E-state index contributed by atoms with van der Waals surface area (Å²) >= 11 is 0. The summed E-state index contributed by atoms with van der Waals surface area (Å²) in [5, 5.41) is 2.94. The highest BCUT2D eigenvalue weighted by Gasteiger charge is 2.28. The van der Waals surface area contributed by atoms with Gasteiger partial charge in [0.15, 0.2) is 0 Å². The molecule has 7 nitrogen and oxygen atoms in total. The number of nitrogens with two attached hydrogens (primary N) is 1. The molecule has 0 aromatic heterocycles. The van der Waals surface area contributed by atoms with Gasteiger partial charge in [-0.2, -0.15) is 0 Å². The van der Waals surface area contributed by atoms with Gasteiger partial charge in [-0.1, -0.05) is 27.7 Å². The van der Waals surface area contributed by atoms with Crippen molar-refractivity contribution < 1.29 is 19.1 Å². The molecule has 2 atom stereocenters. The molecule has 0 radical (unpaired) electrons. The van der Waals surface area contributed by atoms with Gasteiger partial charge in [0.05, 0.1) is 19.6 Å². The second kappa shape index (κ2) is 12.7. The van der Waals surface area contributed by atoms with Crippen molar-refractivity contribution in [1.82, 2.24) is 10.2 Å². The molecule has 2 unspecified atom stereocenters. The molecule has 178 valence electrons. The number of nitrogens with one attached hydrogen (secondary N) is 1. The molecule has 0 fully saturated rings. The van der Waals surface area contributed by atoms with Crippen LogP contribution in [0.2, 0.25) is 0 Å². The van der Waals surface area contributed by atoms with Crippen LogP contribution in [0.4, 0.5) is 0 Å². The van der Waals surface area contributed by atoms with Crippen LogP contribution >= 0.6 is 0 Å². The summed E-state index contributed by atoms with van der Waals surface area (Å²) in [6.07, 6.45) is 1.46. The van der Waals surface area contributed by atoms with Crippen molar-refractivity contribution in [3.63, 3.8) is 0 Å². The summed E-state index contributed by atoms with van der Waals surface area (Å²) in [5.41, 5.74) is 4.99. The molecule has 0 bridgehead atoms. The van der Waals surface area contributed by atoms with Gasteiger partial charge in [0.1, 0.15) is 11.5 Å². The predicted octanol–water partition coefficient (Wildman–Crippen LogP) is 2.96. The smallest absolute Gasteiger partial charge is 0.224 e. The number of ether oxygens (including phenoxy) is 2. The Balaban J connectivity index is 4.29. The van der Waals surface area contributed by atoms with Crippen LogP contribution in [0.3, 0.4) is 0 Å². The van der Waals surface area contributed by atoms with E-state index in [1.54, 1.807) is 13.8 Å². The zero-order chi connectivity index (χ0) is 23.6. The molecule has 0 aliphatic rings. The molecule has 7 heteroatoms. The van der Waals surface area contributed by atoms with Crippen molar-refractivity contribution in [2.24, 2.45) is 17.1 Å². The standard InChI is InChI=1S/C23H47N3O4/c1-10-26(9)22(6,7)11-12-30-23(8,24)14-20(28)25-16-21(4,5)17-29-15-18(2)13-19(3)27/h18H,10-17,24H2,1-9H3,(H,25,28). The molecule has 30 heavy (non-hydrogen) atoms. The Morgan fingerprint density at radius 3 is 2.30 bits per heavy atom. The van der Waals surface area contributed by atoms with E-state index in [9.17, 15) is 9.59 Å². The minimum absolute atomic E-state index is 0.0129. The second-order valence-corrected chi connectivity index (χ2v) is 10.4. The Morgan fingerprint density at radius 2 is 1.77 bits per heavy atom. The largest absolute Gasteiger partial charge is 0.381 e. The van der Waals surface area contributed by atoms with Crippen LogP contribution in [0, 0.1) is 11.3 Å². The molecule has 1 amide bonds. The number of ketones is 1. The summed E-state index contributed by atoms with van der Waals surface area (Å²) in [6.45, 7) is 18.9. The van der Waals surface area contributed by atoms with Crippen LogP contribution in [0.5, 0.6) is 0 Å². The van der Waals surface area contributed by atoms with Crippen molar-refractivity contribution in [1.29, 1.82) is 0 Å². The van der Waals surface area contributed by atoms with Gasteiger partial charge >= 0.3 is 0 Å². The molecule has 3 N–H and O–H groups in total. The Hall–Kier alpha value is -1.02. The van der Waals surface area contributed by atoms with E-state index in [2.05, 4.69) is 38.0 Å². The van der Waals surface area contributed by atoms with E-state index >= 15 is 0 Å². The fourth-order valence-electron chi connectivity index (χ4n) is 3.06. The maximum absolute atomic E-state index is 12.4. The molecule has 0 spiro atoms. The first kappa shape index (κ1) is 29.0. The lowest BCUT2D eigenvalue weighted by atomic mass is 9.94. The number of amides is 1. The van der Waals surface area contributed by atoms with E-state index < -0.39 is 5.72 Å². The molecule has 0 aliphatic heterocycles. The highest BCUT2D eigenvalue weighted by Crippen LogP contribution is 2.19. The SMILES string of the molecule is CCN(C)C(C)(C)CCOC(C)(N)CC(=O)NCC(C)(C)COCC(C)CC(C)=O. The number of hydrogen-bond acceptors (Lipinski definition) is 6. The lowest BCUT2D eigenvalue weighted by molar-refractivity contribution is -0.129. The van der Waals surface area contributed by atoms with Gasteiger partial charge in [0, 0.05) is 30.5 Å². The van der Waals surface area contributed by atoms with Gasteiger partial charge in [0.2, 0.25) is 5.91 Å². The Morgan fingerprint density at radius 1 is 1.17 bits per heavy atom. The highest BCUT2D eigenvalue weighted by molar-refractivity contribution is 5.77. The summed E-state index contributed by atoms with van der Waals surface area (Å²) < 4.78 is 11.6. The van der Waals surface area contributed by atoms with Crippen LogP contribution in [-0.2, 0) is 19.1 Å². The Labute approximate surface area is 184 Å². The lowest BCUT2D eigenvalue weighted by Crippen LogP contribution is -2.47. The average molecular weight is 430 g/mol. The fourth-order valence-corrected chi connectivity index (χ4v) is 3.06. The van der Waals surface area contributed by atoms with E-state index in [1.807, 2.05) is 20.8 Å². The minimum atomic E-state index is -1.01. The van der Waals surface area contributed by atoms with Crippen molar-refractivity contribution in [3.8, 4) is 0 Å². The van der Waals surface area contributed by atoms with E-state index in [0.29, 0.717) is 32.8 Å². The predicted molar refractivity (Wildman–Crippen MR) is 122 cm³/mol. The van der Waals surface area contributed by atoms with Gasteiger partial charge in [-0.15, -0.1) is 0 Å². The van der Waals surface area contributed by atoms with Gasteiger partial charge in [-0.05, 0) is 53.6 Å². The zero-order valence-electron chi connectivity index (χ0n) is 20.9. The number of carbonyl (C=O) groups excluding carboxylic acids is 2. The van der Waals surface area contributed by atoms with Gasteiger partial charge < -0.3 is 30.2 Å². The van der Waals surface area contributed by atoms with Gasteiger partial charge in [-0.25, -0.2) is 0 Å². The maximum Gasteiger partial charge on any atom is 0.224 e. The molecule has 0 rings (SSSR count). The van der Waals surface area contributed by atoms with Crippen molar-refractivity contribution in [3.05, 3.63) is 0 Å². The van der Waals surface area contributed by atoms with Crippen LogP contribution in [0.15, 0.2) is 0 Å². The molecule has 0 saturated carbocycles. The number of rotatable bonds is 16. The first-order chi connectivity index (χ1) is 13.6. The third-order valence-corrected chi connectivity index (χ3v) is 5.46. The van der Waals surface area contributed by atoms with E-state index in [1.165, 1.54) is 0 Å². The maximum atomic E-state index is 12.4. The monoisotopic (exact) mass is 429 g/mol. The van der Waals surface area contributed by atoms with Crippen LogP contribution < -0.4 is 11.1 Å². The molecular weight excluding hydrogens is 382 g/mol. The molecule has 0 aromatic rings. The first-order valence-electron chi connectivity index (χ1n) is 11.1. The lowest BCUT2D eigenvalue weighted by Gasteiger charge is -2.36. The van der Waals surface area contributed by atoms with Crippen molar-refractivity contribution in [2.75, 3.05) is 40.0 Å². The molecular formula is C23H47N3O4. The third-order valence-electron chi connectivity index (χ3n) is 5.46. The fraction of sp³-hybridized carbons (Fsp3) is 0.913. The second-order valence-electron chi connectivity index (χ2n) is 10.4. The van der Waals surface area contributed by atoms with Crippen molar-refractivity contribution in [2.45, 2.75) is 85.9 Å². The summed E-state index contributed by atoms with van der Waals surface area (Å²) in [7, 11) is 2.09. The third kappa shape index (κ3) is 13.3. The number of nitrogens with zero attached hydrogens (tertiary/aromatic N) is 1. The normalized spacial score (nSPS) is 15.7. The minimum Gasteiger partial charge on any atom is -0.381 e. The van der Waals surface area contributed by atoms with E-state index in [-0.39, 0.29) is 35.0 Å². The number of Topliss-reactive ketones (excluding diaryl/α,β-unsaturated/α-hetero) is 1. The number of carbonyl (C=O) groups is 2. The summed E-state index contributed by atoms with van der Waals surface area (Å²) in [5.74, 6) is 0.235. The van der Waals surface area contributed by atoms with Crippen LogP contribution in [0.1, 0.15) is 74.7 Å². The molecule has 0 heterocycles. The van der Waals surface area contributed by atoms with E-state index in [0.717, 1.165) is 13.0 Å². The summed E-state index contributed by atoms with van der Waals surface area (Å²) in [4.78, 5) is 25.8. The Kier molecular flexibility index (Phi) is 12.3.